The van der Waals surface area contributed by atoms with Gasteiger partial charge in [-0.05, 0) is 25.1 Å². The third-order valence-electron chi connectivity index (χ3n) is 5.78. The number of anilines is 1. The fraction of sp³-hybridized carbons (Fsp3) is 0.0800. The van der Waals surface area contributed by atoms with Crippen molar-refractivity contribution in [1.82, 2.24) is 19.5 Å². The Morgan fingerprint density at radius 1 is 1.06 bits per heavy atom. The number of benzene rings is 2. The highest BCUT2D eigenvalue weighted by Gasteiger charge is 2.24. The van der Waals surface area contributed by atoms with E-state index in [4.69, 9.17) is 17.3 Å². The van der Waals surface area contributed by atoms with Crippen LogP contribution in [0.2, 0.25) is 5.02 Å². The van der Waals surface area contributed by atoms with E-state index in [1.54, 1.807) is 43.3 Å². The summed E-state index contributed by atoms with van der Waals surface area (Å²) in [4.78, 5) is 49.8. The van der Waals surface area contributed by atoms with Gasteiger partial charge in [-0.2, -0.15) is 0 Å². The van der Waals surface area contributed by atoms with Gasteiger partial charge in [0.15, 0.2) is 5.43 Å². The van der Waals surface area contributed by atoms with E-state index in [1.165, 1.54) is 29.2 Å². The van der Waals surface area contributed by atoms with E-state index in [2.05, 4.69) is 20.3 Å². The summed E-state index contributed by atoms with van der Waals surface area (Å²) in [7, 11) is 0. The Hall–Kier alpha value is -4.50. The van der Waals surface area contributed by atoms with Gasteiger partial charge in [0.25, 0.3) is 5.56 Å². The average Bonchev–Trinajstić information content (AvgIpc) is 2.86. The maximum Gasteiger partial charge on any atom is 0.264 e. The van der Waals surface area contributed by atoms with Crippen LogP contribution in [0.3, 0.4) is 0 Å². The molecule has 0 radical (unpaired) electrons. The standard InChI is InChI=1S/C25H19ClN6O3/c1-13(31-24-19-17(33)10-11-28-23(19)29-12-30-24)21-20(26)15-8-5-9-16(22(27)34)18(15)25(35)32(21)14-6-3-2-4-7-14/h2-13H,1H3,(H2,27,34)(H2,28,29,30,31,33)/t13-/m0/s1. The summed E-state index contributed by atoms with van der Waals surface area (Å²) in [5.74, 6) is -0.438. The fourth-order valence-corrected chi connectivity index (χ4v) is 4.64. The third-order valence-corrected chi connectivity index (χ3v) is 6.17. The third kappa shape index (κ3) is 3.71. The summed E-state index contributed by atoms with van der Waals surface area (Å²) >= 11 is 6.90. The SMILES string of the molecule is C[C@H](Nc1ncnc2[nH]ccc(=O)c12)c1c(Cl)c2cccc(C(N)=O)c2c(=O)n1-c1ccccc1. The van der Waals surface area contributed by atoms with Gasteiger partial charge < -0.3 is 16.0 Å². The second-order valence-electron chi connectivity index (χ2n) is 7.92. The van der Waals surface area contributed by atoms with Crippen molar-refractivity contribution >= 4 is 45.1 Å². The lowest BCUT2D eigenvalue weighted by molar-refractivity contribution is 0.100. The fourth-order valence-electron chi connectivity index (χ4n) is 4.24. The molecule has 0 spiro atoms. The highest BCUT2D eigenvalue weighted by molar-refractivity contribution is 6.36. The molecule has 0 aliphatic heterocycles. The van der Waals surface area contributed by atoms with Crippen molar-refractivity contribution in [1.29, 1.82) is 0 Å². The van der Waals surface area contributed by atoms with Crippen LogP contribution in [0.1, 0.15) is 29.0 Å². The largest absolute Gasteiger partial charge is 0.366 e. The number of aromatic nitrogens is 4. The number of primary amides is 1. The van der Waals surface area contributed by atoms with Crippen molar-refractivity contribution in [3.05, 3.63) is 104 Å². The molecule has 0 unspecified atom stereocenters. The van der Waals surface area contributed by atoms with E-state index >= 15 is 0 Å². The van der Waals surface area contributed by atoms with Gasteiger partial charge in [0.1, 0.15) is 23.2 Å². The van der Waals surface area contributed by atoms with Gasteiger partial charge in [-0.1, -0.05) is 41.9 Å². The van der Waals surface area contributed by atoms with Crippen LogP contribution in [-0.4, -0.2) is 25.4 Å². The zero-order valence-electron chi connectivity index (χ0n) is 18.4. The molecular weight excluding hydrogens is 468 g/mol. The Morgan fingerprint density at radius 2 is 1.83 bits per heavy atom. The first-order chi connectivity index (χ1) is 16.9. The molecule has 174 valence electrons. The van der Waals surface area contributed by atoms with Gasteiger partial charge in [-0.3, -0.25) is 19.0 Å². The minimum absolute atomic E-state index is 0.0829. The van der Waals surface area contributed by atoms with E-state index in [0.29, 0.717) is 28.2 Å². The zero-order chi connectivity index (χ0) is 24.7. The monoisotopic (exact) mass is 486 g/mol. The number of pyridine rings is 2. The number of para-hydroxylation sites is 1. The molecule has 9 nitrogen and oxygen atoms in total. The number of fused-ring (bicyclic) bond motifs is 2. The Balaban J connectivity index is 1.80. The highest BCUT2D eigenvalue weighted by Crippen LogP contribution is 2.33. The lowest BCUT2D eigenvalue weighted by atomic mass is 10.0. The van der Waals surface area contributed by atoms with Gasteiger partial charge in [0.2, 0.25) is 5.91 Å². The number of aromatic amines is 1. The lowest BCUT2D eigenvalue weighted by Gasteiger charge is -2.23. The van der Waals surface area contributed by atoms with Crippen molar-refractivity contribution in [2.24, 2.45) is 5.73 Å². The van der Waals surface area contributed by atoms with Crippen molar-refractivity contribution < 1.29 is 4.79 Å². The quantitative estimate of drug-likeness (QED) is 0.347. The first-order valence-electron chi connectivity index (χ1n) is 10.7. The lowest BCUT2D eigenvalue weighted by Crippen LogP contribution is -2.28. The number of rotatable bonds is 5. The molecule has 0 fully saturated rings. The Morgan fingerprint density at radius 3 is 2.57 bits per heavy atom. The number of hydrogen-bond acceptors (Lipinski definition) is 6. The number of halogens is 1. The number of amides is 1. The van der Waals surface area contributed by atoms with E-state index in [0.717, 1.165) is 0 Å². The molecular formula is C25H19ClN6O3. The number of nitrogens with zero attached hydrogens (tertiary/aromatic N) is 3. The van der Waals surface area contributed by atoms with E-state index < -0.39 is 17.5 Å². The summed E-state index contributed by atoms with van der Waals surface area (Å²) in [5, 5.41) is 4.29. The zero-order valence-corrected chi connectivity index (χ0v) is 19.2. The maximum atomic E-state index is 13.8. The van der Waals surface area contributed by atoms with Crippen LogP contribution in [0.15, 0.2) is 76.7 Å². The molecule has 0 aliphatic rings. The van der Waals surface area contributed by atoms with Gasteiger partial charge in [0, 0.05) is 23.3 Å². The molecule has 3 aromatic heterocycles. The van der Waals surface area contributed by atoms with Gasteiger partial charge in [0.05, 0.1) is 27.7 Å². The van der Waals surface area contributed by atoms with Gasteiger partial charge in [-0.15, -0.1) is 0 Å². The molecule has 0 bridgehead atoms. The second-order valence-corrected chi connectivity index (χ2v) is 8.30. The van der Waals surface area contributed by atoms with E-state index in [9.17, 15) is 14.4 Å². The molecule has 1 atom stereocenters. The maximum absolute atomic E-state index is 13.8. The average molecular weight is 487 g/mol. The van der Waals surface area contributed by atoms with Crippen LogP contribution in [0.25, 0.3) is 27.5 Å². The molecule has 4 N–H and O–H groups in total. The molecule has 1 amide bonds. The number of nitrogens with one attached hydrogen (secondary N) is 2. The molecule has 0 saturated heterocycles. The summed E-state index contributed by atoms with van der Waals surface area (Å²) in [6.45, 7) is 1.80. The number of hydrogen-bond donors (Lipinski definition) is 3. The molecule has 0 aliphatic carbocycles. The van der Waals surface area contributed by atoms with Crippen LogP contribution in [0, 0.1) is 0 Å². The highest BCUT2D eigenvalue weighted by atomic mass is 35.5. The Labute approximate surface area is 203 Å². The number of H-pyrrole nitrogens is 1. The van der Waals surface area contributed by atoms with Gasteiger partial charge >= 0.3 is 0 Å². The van der Waals surface area contributed by atoms with Crippen LogP contribution >= 0.6 is 11.6 Å². The number of nitrogens with two attached hydrogens (primary N) is 1. The summed E-state index contributed by atoms with van der Waals surface area (Å²) in [5.41, 5.74) is 6.29. The Kier molecular flexibility index (Phi) is 5.54. The van der Waals surface area contributed by atoms with Crippen LogP contribution in [0.4, 0.5) is 5.82 Å². The molecule has 5 aromatic rings. The van der Waals surface area contributed by atoms with Crippen LogP contribution < -0.4 is 22.0 Å². The number of carbonyl (C=O) groups is 1. The second kappa shape index (κ2) is 8.69. The Bertz CT molecular complexity index is 1720. The van der Waals surface area contributed by atoms with Crippen molar-refractivity contribution in [2.75, 3.05) is 5.32 Å². The van der Waals surface area contributed by atoms with Crippen LogP contribution in [-0.2, 0) is 0 Å². The van der Waals surface area contributed by atoms with Gasteiger partial charge in [-0.25, -0.2) is 9.97 Å². The predicted octanol–water partition coefficient (Wildman–Crippen LogP) is 3.55. The summed E-state index contributed by atoms with van der Waals surface area (Å²) < 4.78 is 1.45. The topological polar surface area (TPSA) is 136 Å². The van der Waals surface area contributed by atoms with E-state index in [1.807, 2.05) is 6.07 Å². The number of carbonyl (C=O) groups excluding carboxylic acids is 1. The van der Waals surface area contributed by atoms with Crippen molar-refractivity contribution in [2.45, 2.75) is 13.0 Å². The molecule has 0 saturated carbocycles. The molecule has 5 rings (SSSR count). The first-order valence-corrected chi connectivity index (χ1v) is 11.1. The molecule has 2 aromatic carbocycles. The predicted molar refractivity (Wildman–Crippen MR) is 135 cm³/mol. The molecule has 35 heavy (non-hydrogen) atoms. The normalized spacial score (nSPS) is 12.1. The first kappa shape index (κ1) is 22.3. The summed E-state index contributed by atoms with van der Waals surface area (Å²) in [6, 6.07) is 14.5. The van der Waals surface area contributed by atoms with Crippen molar-refractivity contribution in [3.63, 3.8) is 0 Å². The summed E-state index contributed by atoms with van der Waals surface area (Å²) in [6.07, 6.45) is 2.84. The van der Waals surface area contributed by atoms with E-state index in [-0.39, 0.29) is 26.8 Å². The molecule has 3 heterocycles. The van der Waals surface area contributed by atoms with Crippen LogP contribution in [0.5, 0.6) is 0 Å². The minimum atomic E-state index is -0.728. The minimum Gasteiger partial charge on any atom is -0.366 e. The smallest absolute Gasteiger partial charge is 0.264 e. The molecule has 10 heteroatoms. The van der Waals surface area contributed by atoms with Crippen molar-refractivity contribution in [3.8, 4) is 5.69 Å².